The highest BCUT2D eigenvalue weighted by atomic mass is 28.4. The maximum atomic E-state index is 16.4. The van der Waals surface area contributed by atoms with Gasteiger partial charge in [0.2, 0.25) is 0 Å². The molecular formula is C20H49FO10Si4. The Balaban J connectivity index is 5.52. The van der Waals surface area contributed by atoms with Crippen molar-refractivity contribution in [2.24, 2.45) is 0 Å². The molecule has 0 fully saturated rings. The third-order valence-corrected chi connectivity index (χ3v) is 17.6. The zero-order valence-corrected chi connectivity index (χ0v) is 27.6. The fourth-order valence-corrected chi connectivity index (χ4v) is 13.5. The highest BCUT2D eigenvalue weighted by Crippen LogP contribution is 2.36. The summed E-state index contributed by atoms with van der Waals surface area (Å²) in [5.41, 5.74) is 0. The van der Waals surface area contributed by atoms with Crippen LogP contribution >= 0.6 is 0 Å². The first-order valence-electron chi connectivity index (χ1n) is 11.7. The van der Waals surface area contributed by atoms with Crippen LogP contribution < -0.4 is 0 Å². The van der Waals surface area contributed by atoms with Crippen molar-refractivity contribution in [1.82, 2.24) is 0 Å². The smallest absolute Gasteiger partial charge is 0.387 e. The van der Waals surface area contributed by atoms with Crippen LogP contribution in [-0.2, 0) is 44.3 Å². The Bertz CT molecular complexity index is 513. The van der Waals surface area contributed by atoms with Gasteiger partial charge in [0.25, 0.3) is 0 Å². The van der Waals surface area contributed by atoms with E-state index in [1.807, 2.05) is 13.1 Å². The molecule has 0 saturated heterocycles. The van der Waals surface area contributed by atoms with Crippen LogP contribution in [-0.4, -0.2) is 105 Å². The van der Waals surface area contributed by atoms with Crippen molar-refractivity contribution in [3.05, 3.63) is 0 Å². The molecule has 0 bridgehead atoms. The van der Waals surface area contributed by atoms with Crippen LogP contribution in [0.25, 0.3) is 0 Å². The zero-order chi connectivity index (χ0) is 27.2. The molecule has 0 amide bonds. The van der Waals surface area contributed by atoms with Gasteiger partial charge in [-0.2, -0.15) is 0 Å². The maximum Gasteiger partial charge on any atom is 0.500 e. The van der Waals surface area contributed by atoms with E-state index in [4.69, 9.17) is 44.3 Å². The van der Waals surface area contributed by atoms with E-state index in [0.29, 0.717) is 37.0 Å². The van der Waals surface area contributed by atoms with Crippen LogP contribution in [0.15, 0.2) is 0 Å². The number of alkyl halides is 1. The van der Waals surface area contributed by atoms with Gasteiger partial charge in [0.15, 0.2) is 14.2 Å². The molecule has 0 rings (SSSR count). The monoisotopic (exact) mass is 580 g/mol. The van der Waals surface area contributed by atoms with Crippen LogP contribution in [0, 0.1) is 0 Å². The maximum absolute atomic E-state index is 16.4. The third kappa shape index (κ3) is 11.4. The molecule has 0 aromatic heterocycles. The van der Waals surface area contributed by atoms with Gasteiger partial charge in [0, 0.05) is 95.0 Å². The number of halogens is 1. The minimum Gasteiger partial charge on any atom is -0.387 e. The van der Waals surface area contributed by atoms with Crippen molar-refractivity contribution in [2.45, 2.75) is 68.8 Å². The van der Waals surface area contributed by atoms with Crippen LogP contribution in [0.2, 0.25) is 37.3 Å². The standard InChI is InChI=1S/C20H49FO10Si4/c1-22-33(23-2,24-3)16-12-14-20(21,15-13-17-34(25-4,26-5)27-6)31-32(10,11)18-19-35(28-7,29-8)30-9/h12-19H2,1-11H3. The van der Waals surface area contributed by atoms with Crippen LogP contribution in [0.4, 0.5) is 4.39 Å². The summed E-state index contributed by atoms with van der Waals surface area (Å²) in [5.74, 6) is -1.85. The molecule has 212 valence electrons. The van der Waals surface area contributed by atoms with E-state index in [9.17, 15) is 0 Å². The van der Waals surface area contributed by atoms with Crippen molar-refractivity contribution in [3.8, 4) is 0 Å². The van der Waals surface area contributed by atoms with Crippen molar-refractivity contribution in [2.75, 3.05) is 64.0 Å². The first-order valence-corrected chi connectivity index (χ1v) is 20.6. The minimum atomic E-state index is -2.82. The molecule has 0 saturated carbocycles. The second-order valence-electron chi connectivity index (χ2n) is 8.84. The van der Waals surface area contributed by atoms with E-state index >= 15 is 4.39 Å². The van der Waals surface area contributed by atoms with E-state index in [-0.39, 0.29) is 12.8 Å². The first kappa shape index (κ1) is 35.4. The molecule has 0 aliphatic rings. The highest BCUT2D eigenvalue weighted by Gasteiger charge is 2.46. The molecule has 0 N–H and O–H groups in total. The summed E-state index contributed by atoms with van der Waals surface area (Å²) < 4.78 is 72.3. The Labute approximate surface area is 216 Å². The summed E-state index contributed by atoms with van der Waals surface area (Å²) in [7, 11) is 3.12. The van der Waals surface area contributed by atoms with Gasteiger partial charge < -0.3 is 44.3 Å². The molecule has 0 aliphatic carbocycles. The van der Waals surface area contributed by atoms with Gasteiger partial charge in [-0.1, -0.05) is 0 Å². The molecule has 0 radical (unpaired) electrons. The van der Waals surface area contributed by atoms with Crippen molar-refractivity contribution < 1.29 is 48.7 Å². The lowest BCUT2D eigenvalue weighted by molar-refractivity contribution is -0.0858. The van der Waals surface area contributed by atoms with Gasteiger partial charge in [0.05, 0.1) is 0 Å². The molecule has 0 aromatic rings. The van der Waals surface area contributed by atoms with Gasteiger partial charge in [-0.15, -0.1) is 0 Å². The Morgan fingerprint density at radius 1 is 0.486 bits per heavy atom. The van der Waals surface area contributed by atoms with Crippen molar-refractivity contribution in [3.63, 3.8) is 0 Å². The second kappa shape index (κ2) is 16.4. The lowest BCUT2D eigenvalue weighted by Gasteiger charge is -2.37. The lowest BCUT2D eigenvalue weighted by atomic mass is 10.1. The van der Waals surface area contributed by atoms with Gasteiger partial charge in [-0.05, 0) is 32.0 Å². The van der Waals surface area contributed by atoms with Crippen molar-refractivity contribution >= 4 is 34.7 Å². The summed E-state index contributed by atoms with van der Waals surface area (Å²) in [6, 6.07) is 2.13. The Morgan fingerprint density at radius 2 is 0.771 bits per heavy atom. The number of rotatable bonds is 22. The van der Waals surface area contributed by atoms with E-state index in [1.165, 1.54) is 0 Å². The quantitative estimate of drug-likeness (QED) is 0.175. The second-order valence-corrected chi connectivity index (χ2v) is 22.3. The highest BCUT2D eigenvalue weighted by molar-refractivity contribution is 6.73. The lowest BCUT2D eigenvalue weighted by Crippen LogP contribution is -2.48. The summed E-state index contributed by atoms with van der Waals surface area (Å²) in [6.45, 7) is 4.00. The summed E-state index contributed by atoms with van der Waals surface area (Å²) >= 11 is 0. The van der Waals surface area contributed by atoms with Gasteiger partial charge >= 0.3 is 26.4 Å². The Kier molecular flexibility index (Phi) is 16.6. The largest absolute Gasteiger partial charge is 0.500 e. The number of hydrogen-bond acceptors (Lipinski definition) is 10. The molecule has 0 atom stereocenters. The molecule has 0 unspecified atom stereocenters. The Morgan fingerprint density at radius 3 is 1.06 bits per heavy atom. The minimum absolute atomic E-state index is 0.178. The Hall–Kier alpha value is 0.398. The van der Waals surface area contributed by atoms with Crippen LogP contribution in [0.5, 0.6) is 0 Å². The summed E-state index contributed by atoms with van der Waals surface area (Å²) in [5, 5.41) is 0. The van der Waals surface area contributed by atoms with E-state index in [1.54, 1.807) is 64.0 Å². The predicted molar refractivity (Wildman–Crippen MR) is 140 cm³/mol. The average Bonchev–Trinajstić information content (AvgIpc) is 2.86. The van der Waals surface area contributed by atoms with Crippen LogP contribution in [0.3, 0.4) is 0 Å². The molecule has 15 heteroatoms. The van der Waals surface area contributed by atoms with E-state index in [2.05, 4.69) is 0 Å². The molecule has 0 heterocycles. The average molecular weight is 581 g/mol. The summed E-state index contributed by atoms with van der Waals surface area (Å²) in [4.78, 5) is 0. The SMILES string of the molecule is CO[Si](CCCC(F)(CCC[Si](OC)(OC)OC)O[Si](C)(C)CC[Si](OC)(OC)OC)(OC)OC. The topological polar surface area (TPSA) is 92.3 Å². The predicted octanol–water partition coefficient (Wildman–Crippen LogP) is 4.07. The zero-order valence-electron chi connectivity index (χ0n) is 23.6. The third-order valence-electron chi connectivity index (χ3n) is 6.36. The van der Waals surface area contributed by atoms with Crippen molar-refractivity contribution in [1.29, 1.82) is 0 Å². The molecule has 0 aliphatic heterocycles. The van der Waals surface area contributed by atoms with Gasteiger partial charge in [-0.3, -0.25) is 0 Å². The van der Waals surface area contributed by atoms with Gasteiger partial charge in [-0.25, -0.2) is 4.39 Å². The fraction of sp³-hybridized carbons (Fsp3) is 1.00. The molecule has 0 spiro atoms. The molecule has 35 heavy (non-hydrogen) atoms. The first-order chi connectivity index (χ1) is 16.4. The number of hydrogen-bond donors (Lipinski definition) is 0. The molecule has 10 nitrogen and oxygen atoms in total. The van der Waals surface area contributed by atoms with Crippen LogP contribution in [0.1, 0.15) is 25.7 Å². The van der Waals surface area contributed by atoms with Gasteiger partial charge in [0.1, 0.15) is 0 Å². The summed E-state index contributed by atoms with van der Waals surface area (Å²) in [6.07, 6.45) is 1.32. The molecule has 0 aromatic carbocycles. The molecular weight excluding hydrogens is 532 g/mol. The van der Waals surface area contributed by atoms with E-state index in [0.717, 1.165) is 0 Å². The normalized spacial score (nSPS) is 14.1. The van der Waals surface area contributed by atoms with E-state index < -0.39 is 40.6 Å². The fourth-order valence-electron chi connectivity index (χ4n) is 4.03.